The summed E-state index contributed by atoms with van der Waals surface area (Å²) in [5.74, 6) is 0.0805. The number of rotatable bonds is 4. The van der Waals surface area contributed by atoms with Crippen molar-refractivity contribution in [1.82, 2.24) is 5.32 Å². The predicted molar refractivity (Wildman–Crippen MR) is 93.0 cm³/mol. The Labute approximate surface area is 143 Å². The molecule has 3 rings (SSSR count). The Morgan fingerprint density at radius 2 is 1.83 bits per heavy atom. The third kappa shape index (κ3) is 3.67. The third-order valence-electron chi connectivity index (χ3n) is 4.84. The van der Waals surface area contributed by atoms with E-state index >= 15 is 0 Å². The molecule has 0 radical (unpaired) electrons. The zero-order valence-electron chi connectivity index (χ0n) is 13.2. The fourth-order valence-corrected chi connectivity index (χ4v) is 3.46. The Bertz CT molecular complexity index is 568. The molecular weight excluding hydrogens is 314 g/mol. The second-order valence-corrected chi connectivity index (χ2v) is 6.34. The van der Waals surface area contributed by atoms with Gasteiger partial charge in [0.05, 0.1) is 5.54 Å². The third-order valence-corrected chi connectivity index (χ3v) is 4.84. The average Bonchev–Trinajstić information content (AvgIpc) is 3.17. The van der Waals surface area contributed by atoms with Gasteiger partial charge in [-0.1, -0.05) is 12.8 Å². The molecule has 126 valence electrons. The van der Waals surface area contributed by atoms with Gasteiger partial charge in [-0.05, 0) is 43.5 Å². The standard InChI is InChI=1S/C17H23N3O2.ClH/c18-12-17(9-1-2-10-17)19-16(22)13-5-7-14(8-6-13)20-11-3-4-15(20)21;/h5-8H,1-4,9-12,18H2,(H,19,22);1H. The highest BCUT2D eigenvalue weighted by atomic mass is 35.5. The van der Waals surface area contributed by atoms with E-state index in [0.717, 1.165) is 44.3 Å². The molecule has 1 aromatic rings. The smallest absolute Gasteiger partial charge is 0.251 e. The van der Waals surface area contributed by atoms with Crippen molar-refractivity contribution in [3.05, 3.63) is 29.8 Å². The van der Waals surface area contributed by atoms with Crippen LogP contribution in [0.5, 0.6) is 0 Å². The Morgan fingerprint density at radius 3 is 2.35 bits per heavy atom. The zero-order valence-corrected chi connectivity index (χ0v) is 14.0. The van der Waals surface area contributed by atoms with Crippen molar-refractivity contribution >= 4 is 29.9 Å². The minimum Gasteiger partial charge on any atom is -0.345 e. The molecule has 1 aromatic carbocycles. The van der Waals surface area contributed by atoms with Gasteiger partial charge in [-0.25, -0.2) is 0 Å². The lowest BCUT2D eigenvalue weighted by molar-refractivity contribution is -0.117. The molecule has 2 fully saturated rings. The Hall–Kier alpha value is -1.59. The number of nitrogens with two attached hydrogens (primary N) is 1. The molecule has 3 N–H and O–H groups in total. The lowest BCUT2D eigenvalue weighted by Gasteiger charge is -2.28. The van der Waals surface area contributed by atoms with Gasteiger partial charge in [-0.3, -0.25) is 9.59 Å². The van der Waals surface area contributed by atoms with E-state index in [9.17, 15) is 9.59 Å². The number of amides is 2. The summed E-state index contributed by atoms with van der Waals surface area (Å²) in [5.41, 5.74) is 7.11. The van der Waals surface area contributed by atoms with Crippen LogP contribution in [0.2, 0.25) is 0 Å². The van der Waals surface area contributed by atoms with Gasteiger partial charge in [-0.15, -0.1) is 12.4 Å². The maximum atomic E-state index is 12.4. The Kier molecular flexibility index (Phi) is 5.65. The number of nitrogens with one attached hydrogen (secondary N) is 1. The molecule has 1 aliphatic heterocycles. The number of benzene rings is 1. The topological polar surface area (TPSA) is 75.4 Å². The van der Waals surface area contributed by atoms with Gasteiger partial charge in [0, 0.05) is 30.8 Å². The lowest BCUT2D eigenvalue weighted by atomic mass is 9.97. The summed E-state index contributed by atoms with van der Waals surface area (Å²) in [4.78, 5) is 25.9. The van der Waals surface area contributed by atoms with Crippen molar-refractivity contribution in [2.75, 3.05) is 18.0 Å². The van der Waals surface area contributed by atoms with Crippen molar-refractivity contribution in [1.29, 1.82) is 0 Å². The quantitative estimate of drug-likeness (QED) is 0.884. The first-order valence-electron chi connectivity index (χ1n) is 8.07. The van der Waals surface area contributed by atoms with Gasteiger partial charge in [0.25, 0.3) is 5.91 Å². The van der Waals surface area contributed by atoms with Crippen LogP contribution in [-0.4, -0.2) is 30.4 Å². The molecule has 2 aliphatic rings. The average molecular weight is 338 g/mol. The van der Waals surface area contributed by atoms with Crippen molar-refractivity contribution in [3.63, 3.8) is 0 Å². The van der Waals surface area contributed by atoms with Gasteiger partial charge >= 0.3 is 0 Å². The fraction of sp³-hybridized carbons (Fsp3) is 0.529. The highest BCUT2D eigenvalue weighted by Gasteiger charge is 2.34. The summed E-state index contributed by atoms with van der Waals surface area (Å²) in [6.45, 7) is 1.25. The molecule has 0 aromatic heterocycles. The summed E-state index contributed by atoms with van der Waals surface area (Å²) in [5, 5.41) is 3.11. The first-order chi connectivity index (χ1) is 10.6. The van der Waals surface area contributed by atoms with E-state index < -0.39 is 0 Å². The van der Waals surface area contributed by atoms with Crippen LogP contribution in [0.1, 0.15) is 48.9 Å². The van der Waals surface area contributed by atoms with Gasteiger partial charge < -0.3 is 16.0 Å². The number of hydrogen-bond donors (Lipinski definition) is 2. The van der Waals surface area contributed by atoms with E-state index in [4.69, 9.17) is 5.73 Å². The molecule has 0 spiro atoms. The molecule has 0 atom stereocenters. The highest BCUT2D eigenvalue weighted by Crippen LogP contribution is 2.29. The van der Waals surface area contributed by atoms with E-state index in [1.54, 1.807) is 17.0 Å². The highest BCUT2D eigenvalue weighted by molar-refractivity contribution is 5.97. The minimum atomic E-state index is -0.235. The maximum absolute atomic E-state index is 12.4. The van der Waals surface area contributed by atoms with E-state index in [0.29, 0.717) is 18.5 Å². The molecule has 6 heteroatoms. The first-order valence-corrected chi connectivity index (χ1v) is 8.07. The second-order valence-electron chi connectivity index (χ2n) is 6.34. The number of anilines is 1. The summed E-state index contributed by atoms with van der Waals surface area (Å²) in [6.07, 6.45) is 5.66. The molecule has 0 bridgehead atoms. The zero-order chi connectivity index (χ0) is 15.6. The monoisotopic (exact) mass is 337 g/mol. The van der Waals surface area contributed by atoms with Crippen LogP contribution >= 0.6 is 12.4 Å². The van der Waals surface area contributed by atoms with Gasteiger partial charge in [0.1, 0.15) is 0 Å². The molecule has 1 heterocycles. The van der Waals surface area contributed by atoms with Gasteiger partial charge in [0.2, 0.25) is 5.91 Å². The lowest BCUT2D eigenvalue weighted by Crippen LogP contribution is -2.51. The van der Waals surface area contributed by atoms with Crippen LogP contribution < -0.4 is 16.0 Å². The first kappa shape index (κ1) is 17.8. The van der Waals surface area contributed by atoms with Crippen molar-refractivity contribution in [2.45, 2.75) is 44.1 Å². The Morgan fingerprint density at radius 1 is 1.17 bits per heavy atom. The molecule has 2 amide bonds. The van der Waals surface area contributed by atoms with Crippen LogP contribution in [0.4, 0.5) is 5.69 Å². The van der Waals surface area contributed by atoms with Crippen molar-refractivity contribution in [3.8, 4) is 0 Å². The fourth-order valence-electron chi connectivity index (χ4n) is 3.46. The molecule has 1 saturated heterocycles. The van der Waals surface area contributed by atoms with Crippen LogP contribution in [-0.2, 0) is 4.79 Å². The number of nitrogens with zero attached hydrogens (tertiary/aromatic N) is 1. The summed E-state index contributed by atoms with van der Waals surface area (Å²) >= 11 is 0. The minimum absolute atomic E-state index is 0. The predicted octanol–water partition coefficient (Wildman–Crippen LogP) is 2.24. The van der Waals surface area contributed by atoms with Gasteiger partial charge in [0.15, 0.2) is 0 Å². The van der Waals surface area contributed by atoms with Crippen LogP contribution in [0.25, 0.3) is 0 Å². The molecule has 23 heavy (non-hydrogen) atoms. The van der Waals surface area contributed by atoms with E-state index in [-0.39, 0.29) is 29.8 Å². The largest absolute Gasteiger partial charge is 0.345 e. The van der Waals surface area contributed by atoms with Crippen LogP contribution in [0.15, 0.2) is 24.3 Å². The molecular formula is C17H24ClN3O2. The number of carbonyl (C=O) groups excluding carboxylic acids is 2. The van der Waals surface area contributed by atoms with E-state index in [1.165, 1.54) is 0 Å². The SMILES string of the molecule is Cl.NCC1(NC(=O)c2ccc(N3CCCC3=O)cc2)CCCC1. The summed E-state index contributed by atoms with van der Waals surface area (Å²) in [7, 11) is 0. The molecule has 0 unspecified atom stereocenters. The van der Waals surface area contributed by atoms with Gasteiger partial charge in [-0.2, -0.15) is 0 Å². The normalized spacial score (nSPS) is 19.5. The number of hydrogen-bond acceptors (Lipinski definition) is 3. The van der Waals surface area contributed by atoms with Crippen LogP contribution in [0, 0.1) is 0 Å². The second kappa shape index (κ2) is 7.32. The summed E-state index contributed by atoms with van der Waals surface area (Å²) in [6, 6.07) is 7.27. The molecule has 1 aliphatic carbocycles. The Balaban J connectivity index is 0.00000192. The number of carbonyl (C=O) groups is 2. The summed E-state index contributed by atoms with van der Waals surface area (Å²) < 4.78 is 0. The van der Waals surface area contributed by atoms with Crippen LogP contribution in [0.3, 0.4) is 0 Å². The van der Waals surface area contributed by atoms with E-state index in [1.807, 2.05) is 12.1 Å². The number of halogens is 1. The maximum Gasteiger partial charge on any atom is 0.251 e. The van der Waals surface area contributed by atoms with E-state index in [2.05, 4.69) is 5.32 Å². The molecule has 1 saturated carbocycles. The molecule has 5 nitrogen and oxygen atoms in total. The van der Waals surface area contributed by atoms with Crippen molar-refractivity contribution < 1.29 is 9.59 Å². The van der Waals surface area contributed by atoms with Crippen molar-refractivity contribution in [2.24, 2.45) is 5.73 Å².